The quantitative estimate of drug-likeness (QED) is 0.854. The highest BCUT2D eigenvalue weighted by molar-refractivity contribution is 5.95. The van der Waals surface area contributed by atoms with Crippen molar-refractivity contribution in [2.75, 3.05) is 7.05 Å². The summed E-state index contributed by atoms with van der Waals surface area (Å²) in [5, 5.41) is 2.86. The number of hydrogen-bond donors (Lipinski definition) is 1. The molecular weight excluding hydrogens is 280 g/mol. The zero-order valence-corrected chi connectivity index (χ0v) is 13.6. The predicted molar refractivity (Wildman–Crippen MR) is 84.0 cm³/mol. The molecule has 1 aromatic rings. The third kappa shape index (κ3) is 3.30. The molecule has 0 saturated carbocycles. The summed E-state index contributed by atoms with van der Waals surface area (Å²) in [4.78, 5) is 26.1. The Balaban J connectivity index is 2.47. The van der Waals surface area contributed by atoms with Crippen LogP contribution in [-0.2, 0) is 9.53 Å². The molecule has 1 heterocycles. The van der Waals surface area contributed by atoms with Gasteiger partial charge in [0.1, 0.15) is 5.60 Å². The molecule has 1 aliphatic rings. The lowest BCUT2D eigenvalue weighted by Crippen LogP contribution is -2.46. The second-order valence-electron chi connectivity index (χ2n) is 6.35. The molecule has 2 rings (SSSR count). The van der Waals surface area contributed by atoms with Crippen molar-refractivity contribution in [3.8, 4) is 0 Å². The van der Waals surface area contributed by atoms with E-state index in [1.54, 1.807) is 14.0 Å². The summed E-state index contributed by atoms with van der Waals surface area (Å²) in [5.41, 5.74) is 1.32. The fraction of sp³-hybridized carbons (Fsp3) is 0.412. The van der Waals surface area contributed by atoms with Gasteiger partial charge in [-0.2, -0.15) is 0 Å². The fourth-order valence-corrected chi connectivity index (χ4v) is 2.33. The van der Waals surface area contributed by atoms with E-state index in [1.165, 1.54) is 4.90 Å². The van der Waals surface area contributed by atoms with Crippen molar-refractivity contribution in [1.82, 2.24) is 10.2 Å². The lowest BCUT2D eigenvalue weighted by Gasteiger charge is -2.34. The normalized spacial score (nSPS) is 19.0. The van der Waals surface area contributed by atoms with E-state index >= 15 is 0 Å². The van der Waals surface area contributed by atoms with Crippen molar-refractivity contribution in [1.29, 1.82) is 0 Å². The van der Waals surface area contributed by atoms with Gasteiger partial charge in [0, 0.05) is 12.7 Å². The molecule has 1 atom stereocenters. The minimum absolute atomic E-state index is 0.237. The summed E-state index contributed by atoms with van der Waals surface area (Å²) in [5.74, 6) is -0.411. The number of ether oxygens (including phenoxy) is 1. The molecule has 22 heavy (non-hydrogen) atoms. The van der Waals surface area contributed by atoms with Crippen LogP contribution in [0, 0.1) is 0 Å². The first kappa shape index (κ1) is 16.1. The molecule has 1 N–H and O–H groups in total. The van der Waals surface area contributed by atoms with Crippen LogP contribution in [0.3, 0.4) is 0 Å². The Morgan fingerprint density at radius 1 is 1.23 bits per heavy atom. The molecule has 118 valence electrons. The Morgan fingerprint density at radius 3 is 2.36 bits per heavy atom. The average molecular weight is 302 g/mol. The Hall–Kier alpha value is -2.30. The molecule has 0 aromatic heterocycles. The maximum absolute atomic E-state index is 12.6. The summed E-state index contributed by atoms with van der Waals surface area (Å²) in [6.45, 7) is 7.23. The first-order valence-corrected chi connectivity index (χ1v) is 7.24. The number of rotatable bonds is 2. The van der Waals surface area contributed by atoms with E-state index in [4.69, 9.17) is 4.74 Å². The zero-order valence-electron chi connectivity index (χ0n) is 13.6. The third-order valence-electron chi connectivity index (χ3n) is 3.51. The molecule has 1 aromatic carbocycles. The molecule has 0 bridgehead atoms. The van der Waals surface area contributed by atoms with Gasteiger partial charge in [0.05, 0.1) is 11.6 Å². The number of benzene rings is 1. The highest BCUT2D eigenvalue weighted by Gasteiger charge is 2.36. The number of allylic oxidation sites excluding steroid dienone is 1. The van der Waals surface area contributed by atoms with Crippen LogP contribution in [0.25, 0.3) is 0 Å². The number of hydrogen-bond acceptors (Lipinski definition) is 3. The first-order valence-electron chi connectivity index (χ1n) is 7.24. The number of nitrogens with one attached hydrogen (secondary N) is 1. The average Bonchev–Trinajstić information content (AvgIpc) is 2.43. The Morgan fingerprint density at radius 2 is 1.82 bits per heavy atom. The van der Waals surface area contributed by atoms with Crippen LogP contribution < -0.4 is 5.32 Å². The van der Waals surface area contributed by atoms with Crippen molar-refractivity contribution in [3.05, 3.63) is 47.2 Å². The van der Waals surface area contributed by atoms with Gasteiger partial charge in [0.25, 0.3) is 0 Å². The van der Waals surface area contributed by atoms with Crippen molar-refractivity contribution in [2.45, 2.75) is 39.3 Å². The van der Waals surface area contributed by atoms with E-state index in [-0.39, 0.29) is 6.03 Å². The van der Waals surface area contributed by atoms with Gasteiger partial charge in [0.15, 0.2) is 0 Å². The fourth-order valence-electron chi connectivity index (χ4n) is 2.33. The molecule has 5 heteroatoms. The van der Waals surface area contributed by atoms with Gasteiger partial charge in [-0.05, 0) is 33.3 Å². The van der Waals surface area contributed by atoms with Crippen LogP contribution in [0.15, 0.2) is 41.6 Å². The standard InChI is InChI=1S/C17H22N2O3/c1-11-13(15(20)22-17(2,3)4)14(18-16(21)19(11)5)12-9-7-6-8-10-12/h6-10,14H,1-5H3,(H,18,21). The third-order valence-corrected chi connectivity index (χ3v) is 3.51. The van der Waals surface area contributed by atoms with Crippen molar-refractivity contribution in [2.24, 2.45) is 0 Å². The van der Waals surface area contributed by atoms with E-state index in [9.17, 15) is 9.59 Å². The molecule has 0 saturated heterocycles. The second-order valence-corrected chi connectivity index (χ2v) is 6.35. The second kappa shape index (κ2) is 5.83. The number of urea groups is 1. The Labute approximate surface area is 130 Å². The van der Waals surface area contributed by atoms with Crippen LogP contribution in [0.1, 0.15) is 39.3 Å². The summed E-state index contributed by atoms with van der Waals surface area (Å²) < 4.78 is 5.51. The monoisotopic (exact) mass is 302 g/mol. The van der Waals surface area contributed by atoms with Crippen molar-refractivity contribution >= 4 is 12.0 Å². The molecule has 0 fully saturated rings. The minimum Gasteiger partial charge on any atom is -0.456 e. The first-order chi connectivity index (χ1) is 10.2. The van der Waals surface area contributed by atoms with Crippen LogP contribution in [-0.4, -0.2) is 29.5 Å². The molecule has 1 aliphatic heterocycles. The molecule has 0 aliphatic carbocycles. The number of nitrogens with zero attached hydrogens (tertiary/aromatic N) is 1. The van der Waals surface area contributed by atoms with Crippen molar-refractivity contribution in [3.63, 3.8) is 0 Å². The van der Waals surface area contributed by atoms with Gasteiger partial charge in [-0.1, -0.05) is 30.3 Å². The molecule has 0 radical (unpaired) electrons. The summed E-state index contributed by atoms with van der Waals surface area (Å²) in [7, 11) is 1.64. The van der Waals surface area contributed by atoms with E-state index in [1.807, 2.05) is 51.1 Å². The van der Waals surface area contributed by atoms with E-state index in [2.05, 4.69) is 5.32 Å². The van der Waals surface area contributed by atoms with Crippen LogP contribution in [0.2, 0.25) is 0 Å². The van der Waals surface area contributed by atoms with Crippen LogP contribution in [0.5, 0.6) is 0 Å². The van der Waals surface area contributed by atoms with Gasteiger partial charge in [-0.15, -0.1) is 0 Å². The molecule has 0 spiro atoms. The lowest BCUT2D eigenvalue weighted by molar-refractivity contribution is -0.150. The minimum atomic E-state index is -0.592. The Kier molecular flexibility index (Phi) is 4.26. The summed E-state index contributed by atoms with van der Waals surface area (Å²) >= 11 is 0. The molecule has 1 unspecified atom stereocenters. The van der Waals surface area contributed by atoms with Gasteiger partial charge >= 0.3 is 12.0 Å². The number of esters is 1. The highest BCUT2D eigenvalue weighted by atomic mass is 16.6. The maximum atomic E-state index is 12.6. The zero-order chi connectivity index (χ0) is 16.5. The highest BCUT2D eigenvalue weighted by Crippen LogP contribution is 2.31. The lowest BCUT2D eigenvalue weighted by atomic mass is 9.95. The van der Waals surface area contributed by atoms with E-state index in [0.29, 0.717) is 11.3 Å². The van der Waals surface area contributed by atoms with Gasteiger partial charge in [0.2, 0.25) is 0 Å². The molecule has 2 amide bonds. The maximum Gasteiger partial charge on any atom is 0.338 e. The number of amides is 2. The predicted octanol–water partition coefficient (Wildman–Crippen LogP) is 3.00. The van der Waals surface area contributed by atoms with E-state index < -0.39 is 17.6 Å². The summed E-state index contributed by atoms with van der Waals surface area (Å²) in [6, 6.07) is 8.67. The van der Waals surface area contributed by atoms with Crippen molar-refractivity contribution < 1.29 is 14.3 Å². The van der Waals surface area contributed by atoms with Crippen LogP contribution >= 0.6 is 0 Å². The Bertz CT molecular complexity index is 615. The largest absolute Gasteiger partial charge is 0.456 e. The van der Waals surface area contributed by atoms with Gasteiger partial charge in [-0.25, -0.2) is 9.59 Å². The van der Waals surface area contributed by atoms with Crippen LogP contribution in [0.4, 0.5) is 4.79 Å². The topological polar surface area (TPSA) is 58.6 Å². The van der Waals surface area contributed by atoms with Gasteiger partial charge in [-0.3, -0.25) is 0 Å². The summed E-state index contributed by atoms with van der Waals surface area (Å²) in [6.07, 6.45) is 0. The molecular formula is C17H22N2O3. The van der Waals surface area contributed by atoms with E-state index in [0.717, 1.165) is 5.56 Å². The smallest absolute Gasteiger partial charge is 0.338 e. The molecule has 5 nitrogen and oxygen atoms in total. The number of carbonyl (C=O) groups is 2. The van der Waals surface area contributed by atoms with Gasteiger partial charge < -0.3 is 15.0 Å². The SMILES string of the molecule is CC1=C(C(=O)OC(C)(C)C)C(c2ccccc2)NC(=O)N1C. The number of carbonyl (C=O) groups excluding carboxylic acids is 2.